The van der Waals surface area contributed by atoms with Crippen LogP contribution in [0.5, 0.6) is 0 Å². The fraction of sp³-hybridized carbons (Fsp3) is 1.00. The summed E-state index contributed by atoms with van der Waals surface area (Å²) in [5.41, 5.74) is 0. The predicted molar refractivity (Wildman–Crippen MR) is 52.8 cm³/mol. The summed E-state index contributed by atoms with van der Waals surface area (Å²) in [7, 11) is -1.02. The Morgan fingerprint density at radius 3 is 2.44 bits per heavy atom. The second-order valence-corrected chi connectivity index (χ2v) is 8.08. The van der Waals surface area contributed by atoms with Crippen molar-refractivity contribution in [1.29, 1.82) is 0 Å². The van der Waals surface area contributed by atoms with Gasteiger partial charge < -0.3 is 4.18 Å². The maximum Gasteiger partial charge on any atom is 0.0610 e. The lowest BCUT2D eigenvalue weighted by Gasteiger charge is -2.23. The molecule has 0 amide bonds. The number of hydrogen-bond acceptors (Lipinski definition) is 2. The molecule has 0 radical (unpaired) electrons. The highest BCUT2D eigenvalue weighted by molar-refractivity contribution is 9.09. The first-order valence-corrected chi connectivity index (χ1v) is 7.27. The van der Waals surface area contributed by atoms with Crippen LogP contribution in [0.25, 0.3) is 0 Å². The van der Waals surface area contributed by atoms with Gasteiger partial charge in [0, 0.05) is 5.33 Å². The smallest absolute Gasteiger partial charge is 0.0610 e. The van der Waals surface area contributed by atoms with Gasteiger partial charge in [-0.25, -0.2) is 0 Å². The molecule has 0 unspecified atom stereocenters. The Balaban J connectivity index is 3.07. The van der Waals surface area contributed by atoms with Crippen LogP contribution in [0.4, 0.5) is 0 Å². The van der Waals surface area contributed by atoms with Crippen molar-refractivity contribution in [2.24, 2.45) is 0 Å². The van der Waals surface area contributed by atoms with E-state index in [0.29, 0.717) is 0 Å². The minimum Gasteiger partial charge on any atom is -0.328 e. The molecule has 0 saturated carbocycles. The Morgan fingerprint density at radius 1 is 1.56 bits per heavy atom. The molecule has 9 heavy (non-hydrogen) atoms. The van der Waals surface area contributed by atoms with Crippen LogP contribution in [0.15, 0.2) is 0 Å². The van der Waals surface area contributed by atoms with Crippen molar-refractivity contribution in [3.63, 3.8) is 0 Å². The van der Waals surface area contributed by atoms with Gasteiger partial charge in [-0.15, -0.1) is 11.7 Å². The average Bonchev–Trinajstić information content (AvgIpc) is 1.63. The number of halogens is 1. The van der Waals surface area contributed by atoms with Gasteiger partial charge in [0.1, 0.15) is 0 Å². The molecule has 4 heteroatoms. The topological polar surface area (TPSA) is 9.23 Å². The van der Waals surface area contributed by atoms with E-state index in [9.17, 15) is 0 Å². The number of alkyl halides is 1. The standard InChI is InChI=1S/C5H13BrOS2/c1-9(2,8)7-5-3-4-6/h8H,3-5H2,1-2H3. The molecule has 0 aliphatic heterocycles. The van der Waals surface area contributed by atoms with Gasteiger partial charge in [0.2, 0.25) is 0 Å². The van der Waals surface area contributed by atoms with Gasteiger partial charge in [0.25, 0.3) is 0 Å². The van der Waals surface area contributed by atoms with E-state index in [4.69, 9.17) is 4.18 Å². The van der Waals surface area contributed by atoms with Crippen LogP contribution in [0.2, 0.25) is 0 Å². The molecule has 0 bridgehead atoms. The third kappa shape index (κ3) is 9.14. The number of thiol groups is 1. The van der Waals surface area contributed by atoms with Crippen molar-refractivity contribution in [1.82, 2.24) is 0 Å². The van der Waals surface area contributed by atoms with E-state index in [1.807, 2.05) is 12.5 Å². The Hall–Kier alpha value is 1.14. The third-order valence-electron chi connectivity index (χ3n) is 0.650. The van der Waals surface area contributed by atoms with E-state index in [2.05, 4.69) is 27.6 Å². The Bertz CT molecular complexity index is 71.8. The molecule has 0 aliphatic carbocycles. The zero-order chi connectivity index (χ0) is 7.33. The quantitative estimate of drug-likeness (QED) is 0.340. The van der Waals surface area contributed by atoms with Crippen LogP contribution in [0.3, 0.4) is 0 Å². The van der Waals surface area contributed by atoms with Gasteiger partial charge in [-0.05, 0) is 18.9 Å². The van der Waals surface area contributed by atoms with Crippen LogP contribution in [0, 0.1) is 0 Å². The van der Waals surface area contributed by atoms with Crippen LogP contribution >= 0.6 is 36.9 Å². The zero-order valence-corrected chi connectivity index (χ0v) is 9.06. The molecule has 58 valence electrons. The molecule has 0 fully saturated rings. The molecule has 0 N–H and O–H groups in total. The molecular formula is C5H13BrOS2. The molecule has 0 heterocycles. The van der Waals surface area contributed by atoms with Crippen molar-refractivity contribution in [2.45, 2.75) is 6.42 Å². The molecular weight excluding hydrogens is 220 g/mol. The molecule has 0 spiro atoms. The minimum absolute atomic E-state index is 0.817. The fourth-order valence-corrected chi connectivity index (χ4v) is 1.30. The van der Waals surface area contributed by atoms with Crippen LogP contribution in [-0.4, -0.2) is 24.4 Å². The first-order chi connectivity index (χ1) is 4.06. The average molecular weight is 233 g/mol. The summed E-state index contributed by atoms with van der Waals surface area (Å²) in [5.74, 6) is 0. The second kappa shape index (κ2) is 4.88. The molecule has 0 aromatic carbocycles. The van der Waals surface area contributed by atoms with E-state index >= 15 is 0 Å². The van der Waals surface area contributed by atoms with Gasteiger partial charge >= 0.3 is 0 Å². The number of hydrogen-bond donors (Lipinski definition) is 1. The van der Waals surface area contributed by atoms with Gasteiger partial charge in [0.15, 0.2) is 0 Å². The van der Waals surface area contributed by atoms with Crippen molar-refractivity contribution >= 4 is 36.9 Å². The summed E-state index contributed by atoms with van der Waals surface area (Å²) in [6, 6.07) is 0. The lowest BCUT2D eigenvalue weighted by molar-refractivity contribution is 0.368. The van der Waals surface area contributed by atoms with E-state index < -0.39 is 9.34 Å². The van der Waals surface area contributed by atoms with Gasteiger partial charge in [-0.2, -0.15) is 0 Å². The highest BCUT2D eigenvalue weighted by atomic mass is 79.9. The van der Waals surface area contributed by atoms with Gasteiger partial charge in [-0.3, -0.25) is 0 Å². The summed E-state index contributed by atoms with van der Waals surface area (Å²) >= 11 is 7.59. The summed E-state index contributed by atoms with van der Waals surface area (Å²) < 4.78 is 5.39. The van der Waals surface area contributed by atoms with E-state index in [0.717, 1.165) is 18.4 Å². The molecule has 0 aliphatic rings. The Morgan fingerprint density at radius 2 is 2.11 bits per heavy atom. The lowest BCUT2D eigenvalue weighted by Crippen LogP contribution is -1.96. The Labute approximate surface area is 72.0 Å². The molecule has 0 rings (SSSR count). The normalized spacial score (nSPS) is 13.8. The van der Waals surface area contributed by atoms with Crippen LogP contribution in [-0.2, 0) is 4.18 Å². The van der Waals surface area contributed by atoms with Crippen molar-refractivity contribution in [2.75, 3.05) is 24.4 Å². The molecule has 0 saturated heterocycles. The third-order valence-corrected chi connectivity index (χ3v) is 2.27. The summed E-state index contributed by atoms with van der Waals surface area (Å²) in [4.78, 5) is 0. The highest BCUT2D eigenvalue weighted by Crippen LogP contribution is 2.45. The monoisotopic (exact) mass is 232 g/mol. The fourth-order valence-electron chi connectivity index (χ4n) is 0.317. The largest absolute Gasteiger partial charge is 0.328 e. The summed E-state index contributed by atoms with van der Waals surface area (Å²) in [6.45, 7) is 0.817. The maximum atomic E-state index is 5.39. The molecule has 0 aromatic rings. The maximum absolute atomic E-state index is 5.39. The zero-order valence-electron chi connectivity index (χ0n) is 5.76. The van der Waals surface area contributed by atoms with E-state index in [1.165, 1.54) is 0 Å². The van der Waals surface area contributed by atoms with Crippen molar-refractivity contribution < 1.29 is 4.18 Å². The van der Waals surface area contributed by atoms with Crippen molar-refractivity contribution in [3.05, 3.63) is 0 Å². The van der Waals surface area contributed by atoms with E-state index in [1.54, 1.807) is 0 Å². The second-order valence-electron chi connectivity index (χ2n) is 2.05. The molecule has 0 aromatic heterocycles. The first kappa shape index (κ1) is 10.1. The minimum atomic E-state index is -1.02. The van der Waals surface area contributed by atoms with Crippen molar-refractivity contribution in [3.8, 4) is 0 Å². The Kier molecular flexibility index (Phi) is 5.50. The lowest BCUT2D eigenvalue weighted by atomic mass is 10.5. The van der Waals surface area contributed by atoms with Gasteiger partial charge in [0.05, 0.1) is 6.61 Å². The molecule has 0 atom stereocenters. The summed E-state index contributed by atoms with van der Waals surface area (Å²) in [6.07, 6.45) is 5.10. The van der Waals surface area contributed by atoms with Crippen LogP contribution in [0.1, 0.15) is 6.42 Å². The number of rotatable bonds is 4. The van der Waals surface area contributed by atoms with E-state index in [-0.39, 0.29) is 0 Å². The van der Waals surface area contributed by atoms with Crippen LogP contribution < -0.4 is 0 Å². The van der Waals surface area contributed by atoms with Gasteiger partial charge in [-0.1, -0.05) is 25.3 Å². The SMILES string of the molecule is CS(C)(S)OCCCBr. The highest BCUT2D eigenvalue weighted by Gasteiger charge is 2.02. The first-order valence-electron chi connectivity index (χ1n) is 2.72. The predicted octanol–water partition coefficient (Wildman–Crippen LogP) is 2.61. The summed E-state index contributed by atoms with van der Waals surface area (Å²) in [5, 5.41) is 1.01. The molecule has 1 nitrogen and oxygen atoms in total.